The number of para-hydroxylation sites is 1. The van der Waals surface area contributed by atoms with Crippen molar-refractivity contribution >= 4 is 22.6 Å². The zero-order valence-electron chi connectivity index (χ0n) is 10.3. The minimum Gasteiger partial charge on any atom is -0.321 e. The summed E-state index contributed by atoms with van der Waals surface area (Å²) >= 11 is 5.91. The summed E-state index contributed by atoms with van der Waals surface area (Å²) in [4.78, 5) is 4.30. The Bertz CT molecular complexity index is 546. The minimum absolute atomic E-state index is 0.118. The van der Waals surface area contributed by atoms with E-state index >= 15 is 0 Å². The lowest BCUT2D eigenvalue weighted by atomic mass is 10.0. The third-order valence-electron chi connectivity index (χ3n) is 3.30. The summed E-state index contributed by atoms with van der Waals surface area (Å²) in [5.74, 6) is 0.718. The van der Waals surface area contributed by atoms with Crippen LogP contribution in [0, 0.1) is 5.82 Å². The second-order valence-corrected chi connectivity index (χ2v) is 5.04. The Balaban J connectivity index is 2.80. The number of hydrogen-bond donors (Lipinski definition) is 0. The van der Waals surface area contributed by atoms with E-state index in [1.165, 1.54) is 6.07 Å². The van der Waals surface area contributed by atoms with Crippen LogP contribution in [0.5, 0.6) is 0 Å². The number of aromatic nitrogens is 2. The molecule has 1 heterocycles. The molecule has 0 atom stereocenters. The smallest absolute Gasteiger partial charge is 0.151 e. The summed E-state index contributed by atoms with van der Waals surface area (Å²) < 4.78 is 15.7. The zero-order valence-corrected chi connectivity index (χ0v) is 11.1. The highest BCUT2D eigenvalue weighted by Gasteiger charge is 2.24. The van der Waals surface area contributed by atoms with Crippen molar-refractivity contribution < 1.29 is 4.39 Å². The van der Waals surface area contributed by atoms with Crippen LogP contribution < -0.4 is 0 Å². The summed E-state index contributed by atoms with van der Waals surface area (Å²) in [6, 6.07) is 5.02. The molecule has 0 saturated heterocycles. The van der Waals surface area contributed by atoms with Gasteiger partial charge in [-0.25, -0.2) is 9.37 Å². The molecule has 1 aromatic heterocycles. The number of fused-ring (bicyclic) bond motifs is 1. The molecule has 1 aromatic carbocycles. The van der Waals surface area contributed by atoms with E-state index in [-0.39, 0.29) is 17.2 Å². The fourth-order valence-corrected chi connectivity index (χ4v) is 2.22. The monoisotopic (exact) mass is 254 g/mol. The van der Waals surface area contributed by atoms with Crippen LogP contribution >= 0.6 is 11.6 Å². The lowest BCUT2D eigenvalue weighted by molar-refractivity contribution is 0.344. The SMILES string of the molecule is CCC(C)(C)n1c(CCl)nc2c(F)cccc21. The molecule has 2 aromatic rings. The molecule has 4 heteroatoms. The van der Waals surface area contributed by atoms with Crippen molar-refractivity contribution in [2.75, 3.05) is 0 Å². The molecular weight excluding hydrogens is 239 g/mol. The van der Waals surface area contributed by atoms with Gasteiger partial charge in [-0.1, -0.05) is 13.0 Å². The highest BCUT2D eigenvalue weighted by atomic mass is 35.5. The number of hydrogen-bond acceptors (Lipinski definition) is 1. The Morgan fingerprint density at radius 3 is 2.71 bits per heavy atom. The number of benzene rings is 1. The van der Waals surface area contributed by atoms with Crippen LogP contribution in [0.25, 0.3) is 11.0 Å². The van der Waals surface area contributed by atoms with Crippen molar-refractivity contribution in [3.8, 4) is 0 Å². The molecule has 92 valence electrons. The van der Waals surface area contributed by atoms with E-state index in [0.717, 1.165) is 17.8 Å². The topological polar surface area (TPSA) is 17.8 Å². The summed E-state index contributed by atoms with van der Waals surface area (Å²) in [5.41, 5.74) is 1.10. The Hall–Kier alpha value is -1.09. The maximum Gasteiger partial charge on any atom is 0.151 e. The molecule has 0 saturated carbocycles. The van der Waals surface area contributed by atoms with Crippen LogP contribution in [-0.4, -0.2) is 9.55 Å². The summed E-state index contributed by atoms with van der Waals surface area (Å²) in [6.45, 7) is 6.31. The van der Waals surface area contributed by atoms with Gasteiger partial charge in [-0.15, -0.1) is 11.6 Å². The van der Waals surface area contributed by atoms with Crippen molar-refractivity contribution in [3.63, 3.8) is 0 Å². The van der Waals surface area contributed by atoms with Crippen molar-refractivity contribution in [1.29, 1.82) is 0 Å². The highest BCUT2D eigenvalue weighted by Crippen LogP contribution is 2.29. The van der Waals surface area contributed by atoms with Gasteiger partial charge in [0.25, 0.3) is 0 Å². The second kappa shape index (κ2) is 4.30. The zero-order chi connectivity index (χ0) is 12.6. The van der Waals surface area contributed by atoms with Gasteiger partial charge in [0.1, 0.15) is 11.3 Å². The van der Waals surface area contributed by atoms with E-state index in [2.05, 4.69) is 25.8 Å². The van der Waals surface area contributed by atoms with Gasteiger partial charge in [-0.2, -0.15) is 0 Å². The third-order valence-corrected chi connectivity index (χ3v) is 3.53. The average Bonchev–Trinajstić information content (AvgIpc) is 2.69. The maximum absolute atomic E-state index is 13.7. The molecule has 0 spiro atoms. The van der Waals surface area contributed by atoms with Gasteiger partial charge < -0.3 is 4.57 Å². The average molecular weight is 255 g/mol. The summed E-state index contributed by atoms with van der Waals surface area (Å²) in [6.07, 6.45) is 0.929. The van der Waals surface area contributed by atoms with Crippen molar-refractivity contribution in [1.82, 2.24) is 9.55 Å². The molecule has 0 unspecified atom stereocenters. The summed E-state index contributed by atoms with van der Waals surface area (Å²) in [5, 5.41) is 0. The first kappa shape index (κ1) is 12.4. The lowest BCUT2D eigenvalue weighted by Crippen LogP contribution is -2.26. The number of rotatable bonds is 3. The molecule has 0 fully saturated rings. The van der Waals surface area contributed by atoms with E-state index in [1.54, 1.807) is 6.07 Å². The molecule has 0 bridgehead atoms. The molecule has 17 heavy (non-hydrogen) atoms. The van der Waals surface area contributed by atoms with Gasteiger partial charge in [0, 0.05) is 5.54 Å². The molecule has 0 N–H and O–H groups in total. The van der Waals surface area contributed by atoms with Gasteiger partial charge in [0.2, 0.25) is 0 Å². The van der Waals surface area contributed by atoms with Crippen molar-refractivity contribution in [2.24, 2.45) is 0 Å². The predicted molar refractivity (Wildman–Crippen MR) is 68.9 cm³/mol. The molecule has 0 amide bonds. The first-order chi connectivity index (χ1) is 8.01. The Labute approximate surface area is 105 Å². The standard InChI is InChI=1S/C13H16ClFN2/c1-4-13(2,3)17-10-7-5-6-9(15)12(10)16-11(17)8-14/h5-7H,4,8H2,1-3H3. The van der Waals surface area contributed by atoms with E-state index in [4.69, 9.17) is 11.6 Å². The van der Waals surface area contributed by atoms with Crippen LogP contribution in [-0.2, 0) is 11.4 Å². The fraction of sp³-hybridized carbons (Fsp3) is 0.462. The van der Waals surface area contributed by atoms with E-state index in [9.17, 15) is 4.39 Å². The lowest BCUT2D eigenvalue weighted by Gasteiger charge is -2.27. The number of alkyl halides is 1. The van der Waals surface area contributed by atoms with Gasteiger partial charge in [0.05, 0.1) is 11.4 Å². The Morgan fingerprint density at radius 1 is 1.41 bits per heavy atom. The first-order valence-electron chi connectivity index (χ1n) is 5.73. The highest BCUT2D eigenvalue weighted by molar-refractivity contribution is 6.16. The van der Waals surface area contributed by atoms with Gasteiger partial charge in [0.15, 0.2) is 5.82 Å². The Morgan fingerprint density at radius 2 is 2.12 bits per heavy atom. The summed E-state index contributed by atoms with van der Waals surface area (Å²) in [7, 11) is 0. The van der Waals surface area contributed by atoms with Gasteiger partial charge in [-0.05, 0) is 32.4 Å². The van der Waals surface area contributed by atoms with Crippen LogP contribution in [0.2, 0.25) is 0 Å². The quantitative estimate of drug-likeness (QED) is 0.756. The molecule has 2 nitrogen and oxygen atoms in total. The maximum atomic E-state index is 13.7. The van der Waals surface area contributed by atoms with Gasteiger partial charge in [-0.3, -0.25) is 0 Å². The molecular formula is C13H16ClFN2. The normalized spacial score (nSPS) is 12.3. The van der Waals surface area contributed by atoms with Gasteiger partial charge >= 0.3 is 0 Å². The number of halogens is 2. The third kappa shape index (κ3) is 1.93. The van der Waals surface area contributed by atoms with Crippen LogP contribution in [0.4, 0.5) is 4.39 Å². The Kier molecular flexibility index (Phi) is 3.13. The molecule has 0 aliphatic heterocycles. The molecule has 0 aliphatic carbocycles. The van der Waals surface area contributed by atoms with Crippen molar-refractivity contribution in [3.05, 3.63) is 29.8 Å². The largest absolute Gasteiger partial charge is 0.321 e. The van der Waals surface area contributed by atoms with Crippen LogP contribution in [0.3, 0.4) is 0 Å². The molecule has 2 rings (SSSR count). The second-order valence-electron chi connectivity index (χ2n) is 4.77. The first-order valence-corrected chi connectivity index (χ1v) is 6.27. The predicted octanol–water partition coefficient (Wildman–Crippen LogP) is 4.06. The minimum atomic E-state index is -0.292. The number of imidazole rings is 1. The van der Waals surface area contributed by atoms with E-state index < -0.39 is 0 Å². The van der Waals surface area contributed by atoms with E-state index in [0.29, 0.717) is 5.52 Å². The van der Waals surface area contributed by atoms with Crippen LogP contribution in [0.15, 0.2) is 18.2 Å². The fourth-order valence-electron chi connectivity index (χ4n) is 2.04. The van der Waals surface area contributed by atoms with E-state index in [1.807, 2.05) is 10.6 Å². The number of nitrogens with zero attached hydrogens (tertiary/aromatic N) is 2. The molecule has 0 radical (unpaired) electrons. The molecule has 0 aliphatic rings. The van der Waals surface area contributed by atoms with Crippen molar-refractivity contribution in [2.45, 2.75) is 38.6 Å². The van der Waals surface area contributed by atoms with Crippen LogP contribution in [0.1, 0.15) is 33.0 Å².